The highest BCUT2D eigenvalue weighted by atomic mass is 127. The van der Waals surface area contributed by atoms with Crippen molar-refractivity contribution in [2.75, 3.05) is 71.5 Å². The van der Waals surface area contributed by atoms with E-state index in [1.807, 2.05) is 6.20 Å². The van der Waals surface area contributed by atoms with Crippen molar-refractivity contribution in [3.05, 3.63) is 23.9 Å². The molecule has 1 aliphatic rings. The quantitative estimate of drug-likeness (QED) is 0.195. The van der Waals surface area contributed by atoms with Crippen LogP contribution in [0.5, 0.6) is 0 Å². The van der Waals surface area contributed by atoms with Gasteiger partial charge in [0.1, 0.15) is 5.82 Å². The standard InChI is InChI=1S/C21H38N6O2.HI/c1-5-22-21(23-9-11-26(3)10-6-13-28-4)25-16-19-7-8-20(24-15-19)27-12-14-29-18(2)17-27;/h7-8,15,18H,5-6,9-14,16-17H2,1-4H3,(H2,22,23,25);1H. The number of halogens is 1. The second-order valence-corrected chi connectivity index (χ2v) is 7.42. The third-order valence-corrected chi connectivity index (χ3v) is 4.81. The lowest BCUT2D eigenvalue weighted by Crippen LogP contribution is -2.41. The Morgan fingerprint density at radius 1 is 1.37 bits per heavy atom. The van der Waals surface area contributed by atoms with Crippen LogP contribution >= 0.6 is 24.0 Å². The number of hydrogen-bond acceptors (Lipinski definition) is 6. The van der Waals surface area contributed by atoms with Crippen molar-refractivity contribution in [1.29, 1.82) is 0 Å². The smallest absolute Gasteiger partial charge is 0.191 e. The van der Waals surface area contributed by atoms with Gasteiger partial charge in [0.2, 0.25) is 0 Å². The van der Waals surface area contributed by atoms with Gasteiger partial charge in [-0.05, 0) is 38.9 Å². The molecule has 2 rings (SSSR count). The van der Waals surface area contributed by atoms with Crippen LogP contribution in [-0.2, 0) is 16.0 Å². The molecule has 1 fully saturated rings. The summed E-state index contributed by atoms with van der Waals surface area (Å²) in [5.41, 5.74) is 1.10. The SMILES string of the molecule is CCNC(=NCc1ccc(N2CCOC(C)C2)nc1)NCCN(C)CCCOC.I. The van der Waals surface area contributed by atoms with Crippen molar-refractivity contribution in [3.63, 3.8) is 0 Å². The lowest BCUT2D eigenvalue weighted by Gasteiger charge is -2.32. The number of rotatable bonds is 11. The first-order valence-corrected chi connectivity index (χ1v) is 10.6. The van der Waals surface area contributed by atoms with E-state index in [4.69, 9.17) is 14.5 Å². The maximum absolute atomic E-state index is 5.60. The first-order chi connectivity index (χ1) is 14.1. The van der Waals surface area contributed by atoms with Crippen LogP contribution in [0, 0.1) is 0 Å². The van der Waals surface area contributed by atoms with E-state index in [0.29, 0.717) is 6.54 Å². The van der Waals surface area contributed by atoms with Gasteiger partial charge in [0.15, 0.2) is 5.96 Å². The molecule has 8 nitrogen and oxygen atoms in total. The summed E-state index contributed by atoms with van der Waals surface area (Å²) in [6, 6.07) is 4.19. The summed E-state index contributed by atoms with van der Waals surface area (Å²) in [4.78, 5) is 13.9. The van der Waals surface area contributed by atoms with Gasteiger partial charge in [-0.15, -0.1) is 24.0 Å². The van der Waals surface area contributed by atoms with Gasteiger partial charge in [0.25, 0.3) is 0 Å². The summed E-state index contributed by atoms with van der Waals surface area (Å²) in [6.45, 7) is 11.8. The van der Waals surface area contributed by atoms with E-state index < -0.39 is 0 Å². The van der Waals surface area contributed by atoms with E-state index in [2.05, 4.69) is 58.4 Å². The Hall–Kier alpha value is -1.17. The fourth-order valence-electron chi connectivity index (χ4n) is 3.19. The molecule has 1 saturated heterocycles. The Bertz CT molecular complexity index is 602. The molecule has 1 atom stereocenters. The molecule has 2 N–H and O–H groups in total. The Morgan fingerprint density at radius 3 is 2.87 bits per heavy atom. The summed E-state index contributed by atoms with van der Waals surface area (Å²) in [5, 5.41) is 6.71. The maximum atomic E-state index is 5.60. The number of morpholine rings is 1. The van der Waals surface area contributed by atoms with Gasteiger partial charge in [-0.2, -0.15) is 0 Å². The number of aromatic nitrogens is 1. The van der Waals surface area contributed by atoms with Crippen LogP contribution in [0.15, 0.2) is 23.3 Å². The Morgan fingerprint density at radius 2 is 2.20 bits per heavy atom. The second-order valence-electron chi connectivity index (χ2n) is 7.42. The normalized spacial score (nSPS) is 17.0. The van der Waals surface area contributed by atoms with E-state index in [-0.39, 0.29) is 30.1 Å². The summed E-state index contributed by atoms with van der Waals surface area (Å²) in [6.07, 6.45) is 3.22. The van der Waals surface area contributed by atoms with Crippen LogP contribution in [0.3, 0.4) is 0 Å². The third kappa shape index (κ3) is 10.2. The zero-order valence-electron chi connectivity index (χ0n) is 18.9. The Labute approximate surface area is 198 Å². The summed E-state index contributed by atoms with van der Waals surface area (Å²) in [7, 11) is 3.87. The highest BCUT2D eigenvalue weighted by Crippen LogP contribution is 2.15. The third-order valence-electron chi connectivity index (χ3n) is 4.81. The van der Waals surface area contributed by atoms with Gasteiger partial charge in [-0.3, -0.25) is 0 Å². The predicted octanol–water partition coefficient (Wildman–Crippen LogP) is 1.95. The molecule has 0 radical (unpaired) electrons. The molecule has 0 amide bonds. The molecule has 1 unspecified atom stereocenters. The van der Waals surface area contributed by atoms with Crippen molar-refractivity contribution in [2.24, 2.45) is 4.99 Å². The number of likely N-dealkylation sites (N-methyl/N-ethyl adjacent to an activating group) is 1. The van der Waals surface area contributed by atoms with Gasteiger partial charge in [-0.1, -0.05) is 6.07 Å². The minimum absolute atomic E-state index is 0. The van der Waals surface area contributed by atoms with Crippen LogP contribution in [0.1, 0.15) is 25.8 Å². The number of pyridine rings is 1. The second kappa shape index (κ2) is 15.6. The number of anilines is 1. The molecule has 172 valence electrons. The lowest BCUT2D eigenvalue weighted by atomic mass is 10.2. The molecule has 0 saturated carbocycles. The summed E-state index contributed by atoms with van der Waals surface area (Å²) >= 11 is 0. The molecule has 30 heavy (non-hydrogen) atoms. The molecule has 1 aliphatic heterocycles. The number of nitrogens with zero attached hydrogens (tertiary/aromatic N) is 4. The minimum Gasteiger partial charge on any atom is -0.385 e. The van der Waals surface area contributed by atoms with Crippen LogP contribution < -0.4 is 15.5 Å². The zero-order valence-corrected chi connectivity index (χ0v) is 21.2. The van der Waals surface area contributed by atoms with Gasteiger partial charge < -0.3 is 29.9 Å². The van der Waals surface area contributed by atoms with Gasteiger partial charge in [0, 0.05) is 59.2 Å². The van der Waals surface area contributed by atoms with Crippen LogP contribution in [0.4, 0.5) is 5.82 Å². The summed E-state index contributed by atoms with van der Waals surface area (Å²) < 4.78 is 10.7. The first kappa shape index (κ1) is 26.9. The molecular weight excluding hydrogens is 495 g/mol. The van der Waals surface area contributed by atoms with E-state index in [9.17, 15) is 0 Å². The van der Waals surface area contributed by atoms with Crippen molar-refractivity contribution in [2.45, 2.75) is 32.9 Å². The molecular formula is C21H39IN6O2. The van der Waals surface area contributed by atoms with Crippen molar-refractivity contribution >= 4 is 35.8 Å². The van der Waals surface area contributed by atoms with Gasteiger partial charge >= 0.3 is 0 Å². The summed E-state index contributed by atoms with van der Waals surface area (Å²) in [5.74, 6) is 1.85. The number of ether oxygens (including phenoxy) is 2. The average molecular weight is 534 g/mol. The van der Waals surface area contributed by atoms with E-state index in [0.717, 1.165) is 76.2 Å². The fourth-order valence-corrected chi connectivity index (χ4v) is 3.19. The molecule has 1 aromatic rings. The highest BCUT2D eigenvalue weighted by molar-refractivity contribution is 14.0. The molecule has 0 aromatic carbocycles. The Balaban J connectivity index is 0.00000450. The zero-order chi connectivity index (χ0) is 20.9. The minimum atomic E-state index is 0. The van der Waals surface area contributed by atoms with Crippen LogP contribution in [0.25, 0.3) is 0 Å². The molecule has 9 heteroatoms. The first-order valence-electron chi connectivity index (χ1n) is 10.6. The predicted molar refractivity (Wildman–Crippen MR) is 134 cm³/mol. The van der Waals surface area contributed by atoms with Gasteiger partial charge in [-0.25, -0.2) is 9.98 Å². The van der Waals surface area contributed by atoms with Crippen molar-refractivity contribution in [3.8, 4) is 0 Å². The monoisotopic (exact) mass is 534 g/mol. The van der Waals surface area contributed by atoms with Crippen molar-refractivity contribution in [1.82, 2.24) is 20.5 Å². The maximum Gasteiger partial charge on any atom is 0.191 e. The average Bonchev–Trinajstić information content (AvgIpc) is 2.72. The number of guanidine groups is 1. The van der Waals surface area contributed by atoms with Crippen LogP contribution in [-0.4, -0.2) is 88.6 Å². The van der Waals surface area contributed by atoms with Gasteiger partial charge in [0.05, 0.1) is 19.3 Å². The number of aliphatic imine (C=N–C) groups is 1. The lowest BCUT2D eigenvalue weighted by molar-refractivity contribution is 0.0529. The fraction of sp³-hybridized carbons (Fsp3) is 0.714. The highest BCUT2D eigenvalue weighted by Gasteiger charge is 2.17. The van der Waals surface area contributed by atoms with Crippen LogP contribution in [0.2, 0.25) is 0 Å². The number of hydrogen-bond donors (Lipinski definition) is 2. The topological polar surface area (TPSA) is 74.2 Å². The van der Waals surface area contributed by atoms with E-state index >= 15 is 0 Å². The van der Waals surface area contributed by atoms with Crippen molar-refractivity contribution < 1.29 is 9.47 Å². The molecule has 0 bridgehead atoms. The number of methoxy groups -OCH3 is 1. The molecule has 1 aromatic heterocycles. The largest absolute Gasteiger partial charge is 0.385 e. The Kier molecular flexibility index (Phi) is 14.0. The molecule has 0 aliphatic carbocycles. The molecule has 2 heterocycles. The van der Waals surface area contributed by atoms with E-state index in [1.165, 1.54) is 0 Å². The van der Waals surface area contributed by atoms with E-state index in [1.54, 1.807) is 7.11 Å². The molecule has 0 spiro atoms. The number of nitrogens with one attached hydrogen (secondary N) is 2.